The van der Waals surface area contributed by atoms with Gasteiger partial charge in [0, 0.05) is 32.2 Å². The monoisotopic (exact) mass is 476 g/mol. The average molecular weight is 477 g/mol. The highest BCUT2D eigenvalue weighted by Gasteiger charge is 2.28. The minimum Gasteiger partial charge on any atom is -0.379 e. The summed E-state index contributed by atoms with van der Waals surface area (Å²) in [5, 5.41) is 0. The van der Waals surface area contributed by atoms with Crippen molar-refractivity contribution in [1.29, 1.82) is 0 Å². The van der Waals surface area contributed by atoms with E-state index in [1.807, 2.05) is 16.4 Å². The second kappa shape index (κ2) is 8.66. The van der Waals surface area contributed by atoms with Crippen molar-refractivity contribution in [2.45, 2.75) is 37.8 Å². The largest absolute Gasteiger partial charge is 0.379 e. The zero-order chi connectivity index (χ0) is 23.2. The molecule has 0 saturated carbocycles. The van der Waals surface area contributed by atoms with Gasteiger partial charge in [-0.25, -0.2) is 22.2 Å². The number of morpholine rings is 1. The van der Waals surface area contributed by atoms with Crippen LogP contribution < -0.4 is 4.90 Å². The van der Waals surface area contributed by atoms with E-state index in [4.69, 9.17) is 9.72 Å². The van der Waals surface area contributed by atoms with Crippen molar-refractivity contribution in [2.75, 3.05) is 37.7 Å². The van der Waals surface area contributed by atoms with Crippen molar-refractivity contribution in [3.63, 3.8) is 0 Å². The first-order valence-electron chi connectivity index (χ1n) is 11.2. The maximum absolute atomic E-state index is 14.6. The van der Waals surface area contributed by atoms with E-state index in [0.29, 0.717) is 75.0 Å². The van der Waals surface area contributed by atoms with Crippen molar-refractivity contribution in [3.8, 4) is 0 Å². The van der Waals surface area contributed by atoms with Crippen molar-refractivity contribution < 1.29 is 21.9 Å². The lowest BCUT2D eigenvalue weighted by molar-refractivity contribution is 0.0730. The van der Waals surface area contributed by atoms with Gasteiger partial charge in [-0.3, -0.25) is 0 Å². The number of ether oxygens (including phenoxy) is 1. The SMILES string of the molecule is CCn1c(CN2CCCc3cc(F)cc(F)c32)nc2cc(S(=O)(=O)N3CCOCC3)ccc21. The molecule has 0 radical (unpaired) electrons. The highest BCUT2D eigenvalue weighted by molar-refractivity contribution is 7.89. The summed E-state index contributed by atoms with van der Waals surface area (Å²) < 4.78 is 63.2. The fourth-order valence-corrected chi connectivity index (χ4v) is 6.22. The first-order chi connectivity index (χ1) is 15.9. The Balaban J connectivity index is 1.50. The van der Waals surface area contributed by atoms with E-state index in [-0.39, 0.29) is 4.90 Å². The van der Waals surface area contributed by atoms with E-state index in [2.05, 4.69) is 0 Å². The lowest BCUT2D eigenvalue weighted by Crippen LogP contribution is -2.40. The van der Waals surface area contributed by atoms with E-state index in [1.165, 1.54) is 10.4 Å². The summed E-state index contributed by atoms with van der Waals surface area (Å²) in [6.45, 7) is 5.03. The number of hydrogen-bond donors (Lipinski definition) is 0. The normalized spacial score (nSPS) is 17.5. The van der Waals surface area contributed by atoms with Crippen molar-refractivity contribution in [3.05, 3.63) is 53.4 Å². The third-order valence-electron chi connectivity index (χ3n) is 6.35. The van der Waals surface area contributed by atoms with Crippen molar-refractivity contribution >= 4 is 26.7 Å². The fraction of sp³-hybridized carbons (Fsp3) is 0.435. The Morgan fingerprint density at radius 2 is 1.88 bits per heavy atom. The van der Waals surface area contributed by atoms with Crippen LogP contribution in [0.5, 0.6) is 0 Å². The summed E-state index contributed by atoms with van der Waals surface area (Å²) in [5.41, 5.74) is 2.49. The van der Waals surface area contributed by atoms with Crippen LogP contribution in [-0.2, 0) is 34.3 Å². The standard InChI is InChI=1S/C23H26F2N4O3S/c1-2-29-21-6-5-18(33(30,31)28-8-10-32-11-9-28)14-20(21)26-22(29)15-27-7-3-4-16-12-17(24)13-19(25)23(16)27/h5-6,12-14H,2-4,7-11,15H2,1H3. The van der Waals surface area contributed by atoms with Gasteiger partial charge in [-0.15, -0.1) is 0 Å². The lowest BCUT2D eigenvalue weighted by Gasteiger charge is -2.31. The first kappa shape index (κ1) is 22.2. The Morgan fingerprint density at radius 3 is 2.64 bits per heavy atom. The van der Waals surface area contributed by atoms with Crippen LogP contribution in [0.2, 0.25) is 0 Å². The van der Waals surface area contributed by atoms with E-state index in [0.717, 1.165) is 18.0 Å². The summed E-state index contributed by atoms with van der Waals surface area (Å²) >= 11 is 0. The maximum atomic E-state index is 14.6. The molecule has 1 aromatic heterocycles. The molecule has 0 N–H and O–H groups in total. The van der Waals surface area contributed by atoms with Gasteiger partial charge in [0.1, 0.15) is 17.5 Å². The quantitative estimate of drug-likeness (QED) is 0.565. The molecule has 0 bridgehead atoms. The highest BCUT2D eigenvalue weighted by Crippen LogP contribution is 2.33. The second-order valence-electron chi connectivity index (χ2n) is 8.36. The van der Waals surface area contributed by atoms with Crippen molar-refractivity contribution in [2.24, 2.45) is 0 Å². The summed E-state index contributed by atoms with van der Waals surface area (Å²) in [6, 6.07) is 7.32. The minimum atomic E-state index is -3.63. The molecule has 0 amide bonds. The Labute approximate surface area is 191 Å². The van der Waals surface area contributed by atoms with Crippen LogP contribution in [0.15, 0.2) is 35.2 Å². The summed E-state index contributed by atoms with van der Waals surface area (Å²) in [6.07, 6.45) is 1.43. The van der Waals surface area contributed by atoms with Crippen LogP contribution in [0, 0.1) is 11.6 Å². The molecule has 0 aliphatic carbocycles. The molecular formula is C23H26F2N4O3S. The Morgan fingerprint density at radius 1 is 1.09 bits per heavy atom. The Kier molecular flexibility index (Phi) is 5.84. The number of hydrogen-bond acceptors (Lipinski definition) is 5. The number of halogens is 2. The molecule has 0 unspecified atom stereocenters. The molecule has 0 atom stereocenters. The topological polar surface area (TPSA) is 67.7 Å². The predicted octanol–water partition coefficient (Wildman–Crippen LogP) is 3.31. The van der Waals surface area contributed by atoms with Crippen LogP contribution in [0.25, 0.3) is 11.0 Å². The molecule has 3 heterocycles. The van der Waals surface area contributed by atoms with E-state index in [1.54, 1.807) is 18.2 Å². The first-order valence-corrected chi connectivity index (χ1v) is 12.6. The second-order valence-corrected chi connectivity index (χ2v) is 10.3. The molecule has 3 aromatic rings. The number of imidazole rings is 1. The molecule has 176 valence electrons. The smallest absolute Gasteiger partial charge is 0.243 e. The van der Waals surface area contributed by atoms with Crippen LogP contribution in [0.1, 0.15) is 24.7 Å². The Hall–Kier alpha value is -2.56. The third-order valence-corrected chi connectivity index (χ3v) is 8.25. The number of fused-ring (bicyclic) bond motifs is 2. The van der Waals surface area contributed by atoms with Crippen molar-refractivity contribution in [1.82, 2.24) is 13.9 Å². The number of nitrogens with zero attached hydrogens (tertiary/aromatic N) is 4. The predicted molar refractivity (Wildman–Crippen MR) is 121 cm³/mol. The number of sulfonamides is 1. The van der Waals surface area contributed by atoms with Gasteiger partial charge >= 0.3 is 0 Å². The number of benzene rings is 2. The van der Waals surface area contributed by atoms with Gasteiger partial charge in [0.2, 0.25) is 10.0 Å². The number of aryl methyl sites for hydroxylation is 2. The molecule has 2 aliphatic heterocycles. The van der Waals surface area contributed by atoms with Gasteiger partial charge in [0.05, 0.1) is 41.4 Å². The van der Waals surface area contributed by atoms with Crippen LogP contribution in [0.3, 0.4) is 0 Å². The maximum Gasteiger partial charge on any atom is 0.243 e. The minimum absolute atomic E-state index is 0.203. The summed E-state index contributed by atoms with van der Waals surface area (Å²) in [7, 11) is -3.63. The molecule has 2 aromatic carbocycles. The number of rotatable bonds is 5. The van der Waals surface area contributed by atoms with Gasteiger partial charge < -0.3 is 14.2 Å². The highest BCUT2D eigenvalue weighted by atomic mass is 32.2. The zero-order valence-electron chi connectivity index (χ0n) is 18.4. The molecule has 33 heavy (non-hydrogen) atoms. The van der Waals surface area contributed by atoms with Crippen LogP contribution >= 0.6 is 0 Å². The fourth-order valence-electron chi connectivity index (χ4n) is 4.79. The van der Waals surface area contributed by atoms with Crippen LogP contribution in [0.4, 0.5) is 14.5 Å². The van der Waals surface area contributed by atoms with E-state index < -0.39 is 21.7 Å². The number of anilines is 1. The molecule has 0 spiro atoms. The van der Waals surface area contributed by atoms with Gasteiger partial charge in [0.15, 0.2) is 0 Å². The zero-order valence-corrected chi connectivity index (χ0v) is 19.2. The van der Waals surface area contributed by atoms with Gasteiger partial charge in [-0.05, 0) is 49.6 Å². The average Bonchev–Trinajstić information content (AvgIpc) is 3.15. The molecular weight excluding hydrogens is 450 g/mol. The number of aromatic nitrogens is 2. The van der Waals surface area contributed by atoms with Crippen LogP contribution in [-0.4, -0.2) is 55.1 Å². The van der Waals surface area contributed by atoms with E-state index in [9.17, 15) is 17.2 Å². The third kappa shape index (κ3) is 4.00. The summed E-state index contributed by atoms with van der Waals surface area (Å²) in [4.78, 5) is 6.83. The summed E-state index contributed by atoms with van der Waals surface area (Å²) in [5.74, 6) is -0.421. The molecule has 7 nitrogen and oxygen atoms in total. The lowest BCUT2D eigenvalue weighted by atomic mass is 10.0. The Bertz CT molecular complexity index is 1300. The van der Waals surface area contributed by atoms with Gasteiger partial charge in [-0.2, -0.15) is 4.31 Å². The van der Waals surface area contributed by atoms with E-state index >= 15 is 0 Å². The molecule has 1 fully saturated rings. The molecule has 10 heteroatoms. The molecule has 1 saturated heterocycles. The van der Waals surface area contributed by atoms with Gasteiger partial charge in [0.25, 0.3) is 0 Å². The molecule has 2 aliphatic rings. The molecule has 5 rings (SSSR count). The van der Waals surface area contributed by atoms with Gasteiger partial charge in [-0.1, -0.05) is 0 Å².